The highest BCUT2D eigenvalue weighted by atomic mass is 19.4. The summed E-state index contributed by atoms with van der Waals surface area (Å²) in [6.07, 6.45) is 1.44. The summed E-state index contributed by atoms with van der Waals surface area (Å²) < 4.78 is 51.8. The number of nitriles is 1. The van der Waals surface area contributed by atoms with E-state index in [1.54, 1.807) is 19.2 Å². The molecule has 9 heteroatoms. The summed E-state index contributed by atoms with van der Waals surface area (Å²) in [5.74, 6) is 0.498. The summed E-state index contributed by atoms with van der Waals surface area (Å²) in [4.78, 5) is 17.3. The Balaban J connectivity index is 1.56. The summed E-state index contributed by atoms with van der Waals surface area (Å²) in [5, 5.41) is 9.15. The Kier molecular flexibility index (Phi) is 7.92. The van der Waals surface area contributed by atoms with Gasteiger partial charge >= 0.3 is 6.18 Å². The number of methoxy groups -OCH3 is 1. The maximum absolute atomic E-state index is 13.6. The fourth-order valence-electron chi connectivity index (χ4n) is 6.06. The zero-order chi connectivity index (χ0) is 25.1. The number of hydrogen-bond donors (Lipinski definition) is 0. The molecule has 35 heavy (non-hydrogen) atoms. The van der Waals surface area contributed by atoms with Crippen molar-refractivity contribution in [2.75, 3.05) is 58.0 Å². The largest absolute Gasteiger partial charge is 0.417 e. The number of piperidine rings is 1. The van der Waals surface area contributed by atoms with E-state index in [0.29, 0.717) is 51.7 Å². The van der Waals surface area contributed by atoms with Gasteiger partial charge in [0.2, 0.25) is 5.91 Å². The number of likely N-dealkylation sites (tertiary alicyclic amines) is 1. The van der Waals surface area contributed by atoms with E-state index < -0.39 is 11.7 Å². The first-order chi connectivity index (χ1) is 16.8. The average Bonchev–Trinajstić information content (AvgIpc) is 3.25. The van der Waals surface area contributed by atoms with Gasteiger partial charge in [-0.15, -0.1) is 0 Å². The number of benzene rings is 1. The summed E-state index contributed by atoms with van der Waals surface area (Å²) in [7, 11) is 1.61. The third-order valence-electron chi connectivity index (χ3n) is 7.95. The number of hydrogen-bond acceptors (Lipinski definition) is 5. The lowest BCUT2D eigenvalue weighted by molar-refractivity contribution is -0.142. The van der Waals surface area contributed by atoms with Gasteiger partial charge in [0, 0.05) is 50.3 Å². The molecule has 0 radical (unpaired) electrons. The molecule has 0 N–H and O–H groups in total. The van der Waals surface area contributed by atoms with E-state index in [-0.39, 0.29) is 28.7 Å². The van der Waals surface area contributed by atoms with Gasteiger partial charge in [0.25, 0.3) is 0 Å². The lowest BCUT2D eigenvalue weighted by Gasteiger charge is -2.45. The summed E-state index contributed by atoms with van der Waals surface area (Å²) in [6, 6.07) is 5.58. The molecule has 3 fully saturated rings. The molecule has 2 atom stereocenters. The van der Waals surface area contributed by atoms with Crippen LogP contribution in [-0.4, -0.2) is 63.9 Å². The molecule has 1 amide bonds. The molecule has 192 valence electrons. The Labute approximate surface area is 205 Å². The van der Waals surface area contributed by atoms with Gasteiger partial charge in [-0.25, -0.2) is 0 Å². The maximum Gasteiger partial charge on any atom is 0.417 e. The number of fused-ring (bicyclic) bond motifs is 1. The smallest absolute Gasteiger partial charge is 0.382 e. The molecule has 0 unspecified atom stereocenters. The van der Waals surface area contributed by atoms with Gasteiger partial charge < -0.3 is 19.3 Å². The van der Waals surface area contributed by atoms with Crippen molar-refractivity contribution >= 4 is 11.6 Å². The topological polar surface area (TPSA) is 65.8 Å². The van der Waals surface area contributed by atoms with Gasteiger partial charge in [-0.3, -0.25) is 4.79 Å². The number of anilines is 1. The van der Waals surface area contributed by atoms with Crippen LogP contribution in [0.1, 0.15) is 49.7 Å². The predicted molar refractivity (Wildman–Crippen MR) is 125 cm³/mol. The minimum atomic E-state index is -4.60. The molecule has 3 aliphatic rings. The van der Waals surface area contributed by atoms with Crippen LogP contribution >= 0.6 is 0 Å². The number of carbonyl (C=O) groups is 1. The van der Waals surface area contributed by atoms with E-state index in [9.17, 15) is 18.0 Å². The zero-order valence-electron chi connectivity index (χ0n) is 20.3. The highest BCUT2D eigenvalue weighted by Gasteiger charge is 2.51. The first-order valence-corrected chi connectivity index (χ1v) is 12.5. The molecule has 0 spiro atoms. The average molecular weight is 494 g/mol. The Hall–Kier alpha value is -2.31. The standard InChI is InChI=1S/C26H34F3N3O3/c1-34-11-12-35-18-25-16-31(24(33)19-5-3-2-4-6-19)10-9-21(25)15-32(17-25)22-8-7-20(14-30)23(13-22)26(27,28)29/h7-8,13,19,21H,2-6,9-12,15-18H2,1H3/t21-,25+/m1/s1. The molecule has 0 bridgehead atoms. The molecule has 1 aromatic rings. The van der Waals surface area contributed by atoms with Crippen molar-refractivity contribution in [2.24, 2.45) is 17.3 Å². The molecular formula is C26H34F3N3O3. The van der Waals surface area contributed by atoms with E-state index >= 15 is 0 Å². The van der Waals surface area contributed by atoms with Gasteiger partial charge in [-0.05, 0) is 43.4 Å². The van der Waals surface area contributed by atoms with Crippen LogP contribution in [0.15, 0.2) is 18.2 Å². The van der Waals surface area contributed by atoms with Gasteiger partial charge in [0.05, 0.1) is 37.0 Å². The second-order valence-electron chi connectivity index (χ2n) is 10.2. The Bertz CT molecular complexity index is 942. The van der Waals surface area contributed by atoms with Crippen LogP contribution in [0.4, 0.5) is 18.9 Å². The van der Waals surface area contributed by atoms with Crippen LogP contribution in [0.2, 0.25) is 0 Å². The lowest BCUT2D eigenvalue weighted by atomic mass is 9.73. The first-order valence-electron chi connectivity index (χ1n) is 12.5. The predicted octanol–water partition coefficient (Wildman–Crippen LogP) is 4.48. The fourth-order valence-corrected chi connectivity index (χ4v) is 6.06. The Morgan fingerprint density at radius 1 is 1.17 bits per heavy atom. The van der Waals surface area contributed by atoms with Crippen LogP contribution in [0.5, 0.6) is 0 Å². The summed E-state index contributed by atoms with van der Waals surface area (Å²) in [5.41, 5.74) is -1.19. The minimum absolute atomic E-state index is 0.0807. The number of nitrogens with zero attached hydrogens (tertiary/aromatic N) is 3. The number of ether oxygens (including phenoxy) is 2. The highest BCUT2D eigenvalue weighted by Crippen LogP contribution is 2.45. The fraction of sp³-hybridized carbons (Fsp3) is 0.692. The van der Waals surface area contributed by atoms with Crippen LogP contribution in [0.25, 0.3) is 0 Å². The van der Waals surface area contributed by atoms with Crippen LogP contribution in [-0.2, 0) is 20.4 Å². The quantitative estimate of drug-likeness (QED) is 0.525. The monoisotopic (exact) mass is 493 g/mol. The van der Waals surface area contributed by atoms with E-state index in [1.165, 1.54) is 12.5 Å². The SMILES string of the molecule is COCCOC[C@@]12CN(C(=O)C3CCCCC3)CC[C@@H]1CN(c1ccc(C#N)c(C(F)(F)F)c1)C2. The number of amides is 1. The molecule has 6 nitrogen and oxygen atoms in total. The molecule has 2 heterocycles. The number of alkyl halides is 3. The first kappa shape index (κ1) is 25.8. The zero-order valence-corrected chi connectivity index (χ0v) is 20.3. The van der Waals surface area contributed by atoms with Crippen LogP contribution < -0.4 is 4.90 Å². The number of carbonyl (C=O) groups excluding carboxylic acids is 1. The molecule has 1 aromatic carbocycles. The van der Waals surface area contributed by atoms with Gasteiger partial charge in [-0.2, -0.15) is 18.4 Å². The number of rotatable bonds is 7. The van der Waals surface area contributed by atoms with E-state index in [1.807, 2.05) is 9.80 Å². The Morgan fingerprint density at radius 2 is 1.94 bits per heavy atom. The van der Waals surface area contributed by atoms with Crippen molar-refractivity contribution < 1.29 is 27.4 Å². The van der Waals surface area contributed by atoms with E-state index in [2.05, 4.69) is 0 Å². The van der Waals surface area contributed by atoms with Crippen molar-refractivity contribution in [1.82, 2.24) is 4.90 Å². The van der Waals surface area contributed by atoms with Gasteiger partial charge in [-0.1, -0.05) is 19.3 Å². The third kappa shape index (κ3) is 5.59. The second kappa shape index (κ2) is 10.8. The summed E-state index contributed by atoms with van der Waals surface area (Å²) in [6.45, 7) is 3.64. The summed E-state index contributed by atoms with van der Waals surface area (Å²) >= 11 is 0. The molecular weight excluding hydrogens is 459 g/mol. The van der Waals surface area contributed by atoms with Gasteiger partial charge in [0.1, 0.15) is 0 Å². The van der Waals surface area contributed by atoms with Crippen molar-refractivity contribution in [3.63, 3.8) is 0 Å². The second-order valence-corrected chi connectivity index (χ2v) is 10.2. The van der Waals surface area contributed by atoms with E-state index in [0.717, 1.165) is 38.2 Å². The van der Waals surface area contributed by atoms with Crippen LogP contribution in [0, 0.1) is 28.6 Å². The maximum atomic E-state index is 13.6. The van der Waals surface area contributed by atoms with Crippen LogP contribution in [0.3, 0.4) is 0 Å². The van der Waals surface area contributed by atoms with Crippen molar-refractivity contribution in [3.05, 3.63) is 29.3 Å². The molecule has 0 aromatic heterocycles. The minimum Gasteiger partial charge on any atom is -0.382 e. The third-order valence-corrected chi connectivity index (χ3v) is 7.95. The highest BCUT2D eigenvalue weighted by molar-refractivity contribution is 5.79. The molecule has 2 aliphatic heterocycles. The molecule has 2 saturated heterocycles. The van der Waals surface area contributed by atoms with Crippen molar-refractivity contribution in [3.8, 4) is 6.07 Å². The molecule has 1 aliphatic carbocycles. The Morgan fingerprint density at radius 3 is 2.63 bits per heavy atom. The van der Waals surface area contributed by atoms with Crippen molar-refractivity contribution in [2.45, 2.75) is 44.7 Å². The van der Waals surface area contributed by atoms with E-state index in [4.69, 9.17) is 14.7 Å². The lowest BCUT2D eigenvalue weighted by Crippen LogP contribution is -2.54. The van der Waals surface area contributed by atoms with Gasteiger partial charge in [0.15, 0.2) is 0 Å². The van der Waals surface area contributed by atoms with Crippen molar-refractivity contribution in [1.29, 1.82) is 5.26 Å². The number of halogens is 3. The normalized spacial score (nSPS) is 25.4. The molecule has 4 rings (SSSR count). The molecule has 1 saturated carbocycles.